The number of aliphatic hydroxyl groups excluding tert-OH is 1. The number of carbonyl (C=O) groups is 1. The van der Waals surface area contributed by atoms with E-state index in [1.807, 2.05) is 6.92 Å². The SMILES string of the molecule is CC(C)C(CCO)NC(=O)C1(C)CCNCC1. The summed E-state index contributed by atoms with van der Waals surface area (Å²) in [6.07, 6.45) is 2.42. The summed E-state index contributed by atoms with van der Waals surface area (Å²) in [7, 11) is 0. The molecule has 1 heterocycles. The molecule has 1 rings (SSSR count). The quantitative estimate of drug-likeness (QED) is 0.671. The lowest BCUT2D eigenvalue weighted by Gasteiger charge is -2.35. The van der Waals surface area contributed by atoms with Crippen LogP contribution in [-0.4, -0.2) is 36.8 Å². The molecule has 0 aromatic rings. The fourth-order valence-corrected chi connectivity index (χ4v) is 2.26. The van der Waals surface area contributed by atoms with Gasteiger partial charge in [0.1, 0.15) is 0 Å². The van der Waals surface area contributed by atoms with Crippen LogP contribution in [0.3, 0.4) is 0 Å². The molecule has 1 aliphatic heterocycles. The molecule has 1 unspecified atom stereocenters. The van der Waals surface area contributed by atoms with Crippen LogP contribution in [0.4, 0.5) is 0 Å². The second kappa shape index (κ2) is 6.36. The highest BCUT2D eigenvalue weighted by atomic mass is 16.3. The Balaban J connectivity index is 2.56. The van der Waals surface area contributed by atoms with E-state index in [0.717, 1.165) is 25.9 Å². The Morgan fingerprint density at radius 2 is 2.00 bits per heavy atom. The molecule has 0 radical (unpaired) electrons. The fourth-order valence-electron chi connectivity index (χ4n) is 2.26. The third kappa shape index (κ3) is 3.96. The molecule has 1 saturated heterocycles. The van der Waals surface area contributed by atoms with Crippen LogP contribution < -0.4 is 10.6 Å². The summed E-state index contributed by atoms with van der Waals surface area (Å²) in [5.74, 6) is 0.502. The van der Waals surface area contributed by atoms with Gasteiger partial charge in [0.2, 0.25) is 5.91 Å². The number of carbonyl (C=O) groups excluding carboxylic acids is 1. The zero-order valence-electron chi connectivity index (χ0n) is 11.3. The van der Waals surface area contributed by atoms with Gasteiger partial charge in [0.15, 0.2) is 0 Å². The molecule has 100 valence electrons. The van der Waals surface area contributed by atoms with Gasteiger partial charge in [-0.1, -0.05) is 20.8 Å². The van der Waals surface area contributed by atoms with Crippen molar-refractivity contribution in [3.05, 3.63) is 0 Å². The van der Waals surface area contributed by atoms with Crippen molar-refractivity contribution in [1.29, 1.82) is 0 Å². The predicted molar refractivity (Wildman–Crippen MR) is 68.7 cm³/mol. The normalized spacial score (nSPS) is 21.2. The second-order valence-electron chi connectivity index (χ2n) is 5.65. The first-order valence-corrected chi connectivity index (χ1v) is 6.62. The molecule has 17 heavy (non-hydrogen) atoms. The fraction of sp³-hybridized carbons (Fsp3) is 0.923. The monoisotopic (exact) mass is 242 g/mol. The minimum Gasteiger partial charge on any atom is -0.396 e. The van der Waals surface area contributed by atoms with Crippen LogP contribution in [0, 0.1) is 11.3 Å². The standard InChI is InChI=1S/C13H26N2O2/c1-10(2)11(4-9-16)15-12(17)13(3)5-7-14-8-6-13/h10-11,14,16H,4-9H2,1-3H3,(H,15,17). The van der Waals surface area contributed by atoms with E-state index in [1.165, 1.54) is 0 Å². The zero-order chi connectivity index (χ0) is 12.9. The van der Waals surface area contributed by atoms with Gasteiger partial charge in [0.05, 0.1) is 0 Å². The Labute approximate surface area is 104 Å². The molecule has 3 N–H and O–H groups in total. The lowest BCUT2D eigenvalue weighted by molar-refractivity contribution is -0.132. The molecule has 1 amide bonds. The maximum Gasteiger partial charge on any atom is 0.226 e. The van der Waals surface area contributed by atoms with Crippen LogP contribution in [0.15, 0.2) is 0 Å². The van der Waals surface area contributed by atoms with Crippen molar-refractivity contribution in [2.24, 2.45) is 11.3 Å². The topological polar surface area (TPSA) is 61.4 Å². The van der Waals surface area contributed by atoms with E-state index in [0.29, 0.717) is 12.3 Å². The summed E-state index contributed by atoms with van der Waals surface area (Å²) in [6.45, 7) is 8.14. The maximum absolute atomic E-state index is 12.3. The second-order valence-corrected chi connectivity index (χ2v) is 5.65. The van der Waals surface area contributed by atoms with E-state index < -0.39 is 0 Å². The smallest absolute Gasteiger partial charge is 0.226 e. The molecular formula is C13H26N2O2. The lowest BCUT2D eigenvalue weighted by Crippen LogP contribution is -2.50. The summed E-state index contributed by atoms with van der Waals surface area (Å²) in [4.78, 5) is 12.3. The summed E-state index contributed by atoms with van der Waals surface area (Å²) in [6, 6.07) is 0.0826. The molecule has 1 atom stereocenters. The van der Waals surface area contributed by atoms with Crippen molar-refractivity contribution in [2.45, 2.75) is 46.1 Å². The lowest BCUT2D eigenvalue weighted by atomic mass is 9.79. The first kappa shape index (κ1) is 14.5. The van der Waals surface area contributed by atoms with Crippen LogP contribution in [-0.2, 0) is 4.79 Å². The van der Waals surface area contributed by atoms with E-state index in [1.54, 1.807) is 0 Å². The highest BCUT2D eigenvalue weighted by Gasteiger charge is 2.35. The van der Waals surface area contributed by atoms with Crippen molar-refractivity contribution >= 4 is 5.91 Å². The summed E-state index contributed by atoms with van der Waals surface area (Å²) in [5.41, 5.74) is -0.242. The van der Waals surface area contributed by atoms with E-state index in [2.05, 4.69) is 24.5 Å². The minimum absolute atomic E-state index is 0.0826. The van der Waals surface area contributed by atoms with E-state index in [9.17, 15) is 4.79 Å². The third-order valence-electron chi connectivity index (χ3n) is 3.82. The summed E-state index contributed by atoms with van der Waals surface area (Å²) < 4.78 is 0. The zero-order valence-corrected chi connectivity index (χ0v) is 11.3. The van der Waals surface area contributed by atoms with Gasteiger partial charge in [-0.2, -0.15) is 0 Å². The Bertz CT molecular complexity index is 248. The Hall–Kier alpha value is -0.610. The molecule has 0 bridgehead atoms. The van der Waals surface area contributed by atoms with Crippen molar-refractivity contribution in [3.63, 3.8) is 0 Å². The van der Waals surface area contributed by atoms with Gasteiger partial charge < -0.3 is 15.7 Å². The van der Waals surface area contributed by atoms with Crippen molar-refractivity contribution in [2.75, 3.05) is 19.7 Å². The average Bonchev–Trinajstić information content (AvgIpc) is 2.29. The minimum atomic E-state index is -0.242. The van der Waals surface area contributed by atoms with Crippen molar-refractivity contribution in [3.8, 4) is 0 Å². The molecule has 1 fully saturated rings. The molecule has 4 heteroatoms. The molecule has 0 aromatic heterocycles. The van der Waals surface area contributed by atoms with Gasteiger partial charge >= 0.3 is 0 Å². The van der Waals surface area contributed by atoms with Crippen molar-refractivity contribution < 1.29 is 9.90 Å². The number of aliphatic hydroxyl groups is 1. The maximum atomic E-state index is 12.3. The van der Waals surface area contributed by atoms with E-state index in [4.69, 9.17) is 5.11 Å². The van der Waals surface area contributed by atoms with Gasteiger partial charge in [-0.3, -0.25) is 4.79 Å². The summed E-state index contributed by atoms with van der Waals surface area (Å²) >= 11 is 0. The van der Waals surface area contributed by atoms with Gasteiger partial charge in [0.25, 0.3) is 0 Å². The van der Waals surface area contributed by atoms with Gasteiger partial charge in [-0.15, -0.1) is 0 Å². The molecule has 4 nitrogen and oxygen atoms in total. The van der Waals surface area contributed by atoms with Crippen LogP contribution in [0.25, 0.3) is 0 Å². The largest absolute Gasteiger partial charge is 0.396 e. The molecule has 0 aromatic carbocycles. The van der Waals surface area contributed by atoms with Crippen LogP contribution in [0.2, 0.25) is 0 Å². The molecule has 0 spiro atoms. The van der Waals surface area contributed by atoms with Gasteiger partial charge in [0, 0.05) is 18.1 Å². The van der Waals surface area contributed by atoms with Crippen molar-refractivity contribution in [1.82, 2.24) is 10.6 Å². The number of hydrogen-bond acceptors (Lipinski definition) is 3. The van der Waals surface area contributed by atoms with Crippen LogP contribution in [0.1, 0.15) is 40.0 Å². The van der Waals surface area contributed by atoms with E-state index in [-0.39, 0.29) is 24.0 Å². The van der Waals surface area contributed by atoms with Crippen LogP contribution >= 0.6 is 0 Å². The average molecular weight is 242 g/mol. The number of hydrogen-bond donors (Lipinski definition) is 3. The highest BCUT2D eigenvalue weighted by molar-refractivity contribution is 5.82. The van der Waals surface area contributed by atoms with Gasteiger partial charge in [-0.05, 0) is 38.3 Å². The highest BCUT2D eigenvalue weighted by Crippen LogP contribution is 2.28. The Morgan fingerprint density at radius 1 is 1.41 bits per heavy atom. The molecule has 1 aliphatic rings. The number of rotatable bonds is 5. The molecular weight excluding hydrogens is 216 g/mol. The number of nitrogens with one attached hydrogen (secondary N) is 2. The molecule has 0 aliphatic carbocycles. The van der Waals surface area contributed by atoms with E-state index >= 15 is 0 Å². The predicted octanol–water partition coefficient (Wildman–Crippen LogP) is 0.899. The first-order chi connectivity index (χ1) is 7.99. The van der Waals surface area contributed by atoms with Crippen LogP contribution in [0.5, 0.6) is 0 Å². The summed E-state index contributed by atoms with van der Waals surface area (Å²) in [5, 5.41) is 15.4. The first-order valence-electron chi connectivity index (χ1n) is 6.62. The third-order valence-corrected chi connectivity index (χ3v) is 3.82. The Morgan fingerprint density at radius 3 is 2.47 bits per heavy atom. The molecule has 0 saturated carbocycles. The van der Waals surface area contributed by atoms with Gasteiger partial charge in [-0.25, -0.2) is 0 Å². The Kier molecular flexibility index (Phi) is 5.40. The number of piperidine rings is 1. The number of amides is 1.